The molecule has 0 spiro atoms. The van der Waals surface area contributed by atoms with Gasteiger partial charge in [0.25, 0.3) is 5.91 Å². The van der Waals surface area contributed by atoms with E-state index in [1.165, 1.54) is 11.3 Å². The fourth-order valence-corrected chi connectivity index (χ4v) is 2.83. The van der Waals surface area contributed by atoms with Crippen LogP contribution in [-0.4, -0.2) is 38.1 Å². The maximum Gasteiger partial charge on any atom is 0.261 e. The van der Waals surface area contributed by atoms with Crippen molar-refractivity contribution < 1.29 is 9.59 Å². The molecule has 0 aliphatic heterocycles. The van der Waals surface area contributed by atoms with E-state index in [1.807, 2.05) is 11.4 Å². The molecule has 8 nitrogen and oxygen atoms in total. The minimum atomic E-state index is -0.672. The summed E-state index contributed by atoms with van der Waals surface area (Å²) in [6.45, 7) is 1.64. The van der Waals surface area contributed by atoms with Crippen LogP contribution in [0.15, 0.2) is 41.8 Å². The van der Waals surface area contributed by atoms with Crippen LogP contribution in [0.2, 0.25) is 0 Å². The largest absolute Gasteiger partial charge is 0.340 e. The molecule has 3 aromatic rings. The third kappa shape index (κ3) is 3.89. The topological polar surface area (TPSA) is 102 Å². The molecule has 2 aromatic heterocycles. The van der Waals surface area contributed by atoms with E-state index < -0.39 is 6.04 Å². The molecule has 9 heteroatoms. The Hall–Kier alpha value is -3.07. The molecule has 0 aliphatic rings. The highest BCUT2D eigenvalue weighted by Gasteiger charge is 2.17. The van der Waals surface area contributed by atoms with E-state index in [1.54, 1.807) is 49.0 Å². The summed E-state index contributed by atoms with van der Waals surface area (Å²) in [5.74, 6) is 0.0184. The van der Waals surface area contributed by atoms with Gasteiger partial charge in [-0.1, -0.05) is 18.2 Å². The van der Waals surface area contributed by atoms with Gasteiger partial charge in [-0.25, -0.2) is 4.68 Å². The SMILES string of the molecule is CC(NC(=O)c1cccs1)C(=O)Nc1cccc(-c2nnnn2C)c1. The number of amides is 2. The van der Waals surface area contributed by atoms with Crippen molar-refractivity contribution in [1.82, 2.24) is 25.5 Å². The van der Waals surface area contributed by atoms with Crippen molar-refractivity contribution in [3.8, 4) is 11.4 Å². The Morgan fingerprint density at radius 2 is 2.08 bits per heavy atom. The summed E-state index contributed by atoms with van der Waals surface area (Å²) in [6.07, 6.45) is 0. The van der Waals surface area contributed by atoms with Gasteiger partial charge >= 0.3 is 0 Å². The number of aryl methyl sites for hydroxylation is 1. The van der Waals surface area contributed by atoms with Crippen molar-refractivity contribution in [2.75, 3.05) is 5.32 Å². The fourth-order valence-electron chi connectivity index (χ4n) is 2.20. The number of nitrogens with zero attached hydrogens (tertiary/aromatic N) is 4. The average Bonchev–Trinajstić information content (AvgIpc) is 3.26. The molecule has 0 fully saturated rings. The Balaban J connectivity index is 1.66. The van der Waals surface area contributed by atoms with E-state index in [-0.39, 0.29) is 11.8 Å². The van der Waals surface area contributed by atoms with Crippen LogP contribution in [-0.2, 0) is 11.8 Å². The third-order valence-corrected chi connectivity index (χ3v) is 4.36. The van der Waals surface area contributed by atoms with Crippen molar-refractivity contribution in [1.29, 1.82) is 0 Å². The van der Waals surface area contributed by atoms with E-state index in [0.717, 1.165) is 5.56 Å². The lowest BCUT2D eigenvalue weighted by atomic mass is 10.2. The number of aromatic nitrogens is 4. The van der Waals surface area contributed by atoms with Crippen molar-refractivity contribution in [2.45, 2.75) is 13.0 Å². The first kappa shape index (κ1) is 16.8. The second-order valence-corrected chi connectivity index (χ2v) is 6.32. The molecule has 0 bridgehead atoms. The minimum absolute atomic E-state index is 0.267. The molecule has 0 radical (unpaired) electrons. The molecule has 2 amide bonds. The quantitative estimate of drug-likeness (QED) is 0.724. The number of hydrogen-bond donors (Lipinski definition) is 2. The monoisotopic (exact) mass is 356 g/mol. The summed E-state index contributed by atoms with van der Waals surface area (Å²) >= 11 is 1.33. The highest BCUT2D eigenvalue weighted by Crippen LogP contribution is 2.19. The maximum absolute atomic E-state index is 12.3. The number of rotatable bonds is 5. The Morgan fingerprint density at radius 1 is 1.24 bits per heavy atom. The van der Waals surface area contributed by atoms with Crippen LogP contribution in [0.4, 0.5) is 5.69 Å². The molecule has 25 heavy (non-hydrogen) atoms. The van der Waals surface area contributed by atoms with Crippen LogP contribution in [0, 0.1) is 0 Å². The Kier molecular flexibility index (Phi) is 4.85. The molecule has 3 rings (SSSR count). The van der Waals surface area contributed by atoms with Gasteiger partial charge in [0.2, 0.25) is 5.91 Å². The summed E-state index contributed by atoms with van der Waals surface area (Å²) in [4.78, 5) is 24.9. The lowest BCUT2D eigenvalue weighted by molar-refractivity contribution is -0.117. The second-order valence-electron chi connectivity index (χ2n) is 5.37. The number of hydrogen-bond acceptors (Lipinski definition) is 6. The summed E-state index contributed by atoms with van der Waals surface area (Å²) in [5.41, 5.74) is 1.38. The van der Waals surface area contributed by atoms with Gasteiger partial charge in [0.1, 0.15) is 6.04 Å². The number of carbonyl (C=O) groups excluding carboxylic acids is 2. The van der Waals surface area contributed by atoms with Gasteiger partial charge in [-0.3, -0.25) is 9.59 Å². The van der Waals surface area contributed by atoms with E-state index in [4.69, 9.17) is 0 Å². The van der Waals surface area contributed by atoms with Crippen LogP contribution in [0.5, 0.6) is 0 Å². The summed E-state index contributed by atoms with van der Waals surface area (Å²) in [7, 11) is 1.74. The van der Waals surface area contributed by atoms with Gasteiger partial charge in [-0.05, 0) is 40.9 Å². The number of anilines is 1. The minimum Gasteiger partial charge on any atom is -0.340 e. The van der Waals surface area contributed by atoms with Gasteiger partial charge in [0, 0.05) is 18.3 Å². The molecule has 0 saturated carbocycles. The van der Waals surface area contributed by atoms with Crippen LogP contribution in [0.25, 0.3) is 11.4 Å². The van der Waals surface area contributed by atoms with Crippen molar-refractivity contribution >= 4 is 28.8 Å². The van der Waals surface area contributed by atoms with Gasteiger partial charge in [-0.2, -0.15) is 0 Å². The van der Waals surface area contributed by atoms with E-state index >= 15 is 0 Å². The highest BCUT2D eigenvalue weighted by atomic mass is 32.1. The second kappa shape index (κ2) is 7.22. The third-order valence-electron chi connectivity index (χ3n) is 3.49. The zero-order valence-corrected chi connectivity index (χ0v) is 14.4. The number of carbonyl (C=O) groups is 2. The Morgan fingerprint density at radius 3 is 2.76 bits per heavy atom. The molecule has 0 saturated heterocycles. The van der Waals surface area contributed by atoms with Crippen molar-refractivity contribution in [3.05, 3.63) is 46.7 Å². The molecule has 1 atom stereocenters. The van der Waals surface area contributed by atoms with Gasteiger partial charge in [0.15, 0.2) is 5.82 Å². The molecule has 2 N–H and O–H groups in total. The molecule has 0 aliphatic carbocycles. The lowest BCUT2D eigenvalue weighted by Gasteiger charge is -2.14. The van der Waals surface area contributed by atoms with E-state index in [2.05, 4.69) is 26.2 Å². The van der Waals surface area contributed by atoms with Crippen LogP contribution in [0.3, 0.4) is 0 Å². The lowest BCUT2D eigenvalue weighted by Crippen LogP contribution is -2.41. The summed E-state index contributed by atoms with van der Waals surface area (Å²) in [6, 6.07) is 10.0. The van der Waals surface area contributed by atoms with E-state index in [0.29, 0.717) is 16.4 Å². The van der Waals surface area contributed by atoms with Crippen LogP contribution >= 0.6 is 11.3 Å². The van der Waals surface area contributed by atoms with Gasteiger partial charge in [-0.15, -0.1) is 16.4 Å². The van der Waals surface area contributed by atoms with Gasteiger partial charge in [0.05, 0.1) is 4.88 Å². The number of nitrogens with one attached hydrogen (secondary N) is 2. The predicted octanol–water partition coefficient (Wildman–Crippen LogP) is 1.70. The molecule has 1 unspecified atom stereocenters. The van der Waals surface area contributed by atoms with E-state index in [9.17, 15) is 9.59 Å². The zero-order chi connectivity index (χ0) is 17.8. The average molecular weight is 356 g/mol. The Bertz CT molecular complexity index is 890. The van der Waals surface area contributed by atoms with Crippen LogP contribution < -0.4 is 10.6 Å². The maximum atomic E-state index is 12.3. The van der Waals surface area contributed by atoms with Crippen LogP contribution in [0.1, 0.15) is 16.6 Å². The van der Waals surface area contributed by atoms with Gasteiger partial charge < -0.3 is 10.6 Å². The first-order chi connectivity index (χ1) is 12.0. The van der Waals surface area contributed by atoms with Crippen molar-refractivity contribution in [2.24, 2.45) is 7.05 Å². The molecule has 2 heterocycles. The Labute approximate surface area is 147 Å². The summed E-state index contributed by atoms with van der Waals surface area (Å²) < 4.78 is 1.55. The fraction of sp³-hybridized carbons (Fsp3) is 0.188. The number of tetrazole rings is 1. The molecule has 1 aromatic carbocycles. The smallest absolute Gasteiger partial charge is 0.261 e. The number of benzene rings is 1. The van der Waals surface area contributed by atoms with Crippen molar-refractivity contribution in [3.63, 3.8) is 0 Å². The molecule has 128 valence electrons. The molecular weight excluding hydrogens is 340 g/mol. The predicted molar refractivity (Wildman–Crippen MR) is 94.1 cm³/mol. The normalized spacial score (nSPS) is 11.8. The zero-order valence-electron chi connectivity index (χ0n) is 13.6. The first-order valence-electron chi connectivity index (χ1n) is 7.52. The first-order valence-corrected chi connectivity index (χ1v) is 8.40. The number of thiophene rings is 1. The molecular formula is C16H16N6O2S. The highest BCUT2D eigenvalue weighted by molar-refractivity contribution is 7.12. The summed E-state index contributed by atoms with van der Waals surface area (Å²) in [5, 5.41) is 18.6. The standard InChI is InChI=1S/C16H16N6O2S/c1-10(17-16(24)13-7-4-8-25-13)15(23)18-12-6-3-5-11(9-12)14-19-20-21-22(14)2/h3-10H,1-2H3,(H,17,24)(H,18,23).